The second kappa shape index (κ2) is 13.8. The molecule has 0 aliphatic rings. The summed E-state index contributed by atoms with van der Waals surface area (Å²) in [5, 5.41) is 7.57. The van der Waals surface area contributed by atoms with Crippen molar-refractivity contribution in [2.24, 2.45) is 0 Å². The number of aliphatic hydroxyl groups excluding tert-OH is 1. The van der Waals surface area contributed by atoms with E-state index in [1.807, 2.05) is 0 Å². The molecule has 0 spiro atoms. The van der Waals surface area contributed by atoms with Crippen molar-refractivity contribution in [2.45, 2.75) is 6.92 Å². The van der Waals surface area contributed by atoms with Gasteiger partial charge in [0.15, 0.2) is 0 Å². The van der Waals surface area contributed by atoms with Gasteiger partial charge in [0.2, 0.25) is 0 Å². The molecule has 0 bridgehead atoms. The van der Waals surface area contributed by atoms with Crippen molar-refractivity contribution in [3.63, 3.8) is 0 Å². The van der Waals surface area contributed by atoms with Crippen LogP contribution >= 0.6 is 16.5 Å². The average Bonchev–Trinajstić information content (AvgIpc) is 1.62. The van der Waals surface area contributed by atoms with Crippen LogP contribution in [-0.4, -0.2) is 11.7 Å². The molecule has 0 fully saturated rings. The van der Waals surface area contributed by atoms with Crippen molar-refractivity contribution in [2.75, 3.05) is 6.61 Å². The molecule has 0 aromatic heterocycles. The van der Waals surface area contributed by atoms with Gasteiger partial charge in [-0.3, -0.25) is 4.31 Å². The monoisotopic (exact) mass is 392 g/mol. The predicted molar refractivity (Wildman–Crippen MR) is 31.8 cm³/mol. The number of hydrogen-bond donors (Lipinski definition) is 1. The van der Waals surface area contributed by atoms with Crippen LogP contribution < -0.4 is 9.79 Å². The molecule has 2 atom stereocenters. The Hall–Kier alpha value is 1.24. The van der Waals surface area contributed by atoms with E-state index in [4.69, 9.17) is 5.11 Å². The Balaban J connectivity index is -0.000000140. The molecular formula is C2H8HgO6P2. The second-order valence-corrected chi connectivity index (χ2v) is 2.73. The van der Waals surface area contributed by atoms with Crippen LogP contribution in [-0.2, 0) is 41.1 Å². The first-order valence-corrected chi connectivity index (χ1v) is 4.70. The van der Waals surface area contributed by atoms with E-state index >= 15 is 0 Å². The van der Waals surface area contributed by atoms with Crippen molar-refractivity contribution >= 4 is 16.5 Å². The molecule has 0 radical (unpaired) electrons. The zero-order chi connectivity index (χ0) is 8.57. The molecule has 0 aliphatic heterocycles. The quantitative estimate of drug-likeness (QED) is 0.454. The molecule has 64 valence electrons. The molecule has 9 heteroatoms. The van der Waals surface area contributed by atoms with E-state index in [0.717, 1.165) is 0 Å². The van der Waals surface area contributed by atoms with Gasteiger partial charge in [-0.25, -0.2) is 0 Å². The fourth-order valence-electron chi connectivity index (χ4n) is 0.0680. The minimum absolute atomic E-state index is 0. The first-order valence-electron chi connectivity index (χ1n) is 2.25. The van der Waals surface area contributed by atoms with Gasteiger partial charge in [-0.15, -0.1) is 0 Å². The molecule has 1 N–H and O–H groups in total. The topological polar surface area (TPSA) is 110 Å². The fraction of sp³-hybridized carbons (Fsp3) is 1.00. The summed E-state index contributed by atoms with van der Waals surface area (Å²) in [5.41, 5.74) is 0. The maximum atomic E-state index is 9.29. The molecular weight excluding hydrogens is 383 g/mol. The van der Waals surface area contributed by atoms with E-state index in [9.17, 15) is 18.9 Å². The van der Waals surface area contributed by atoms with E-state index in [1.54, 1.807) is 6.92 Å². The van der Waals surface area contributed by atoms with Crippen LogP contribution in [0, 0.1) is 0 Å². The van der Waals surface area contributed by atoms with Crippen LogP contribution in [0.3, 0.4) is 0 Å². The molecule has 0 rings (SSSR count). The standard InChI is InChI=1S/C2H6O.Hg.H4O5P2/c1-2-3;;1-6(2)5-7(3)4/h3H,2H2,1H3;;6-7H,(H,1,2)(H,3,4)/q;+2;/p-2. The third kappa shape index (κ3) is 35.0. The maximum absolute atomic E-state index is 9.29. The van der Waals surface area contributed by atoms with E-state index < -0.39 is 16.5 Å². The Labute approximate surface area is 86.0 Å². The molecule has 0 amide bonds. The Bertz CT molecular complexity index is 105. The molecule has 2 unspecified atom stereocenters. The van der Waals surface area contributed by atoms with Gasteiger partial charge in [0, 0.05) is 6.61 Å². The zero-order valence-electron chi connectivity index (χ0n) is 5.90. The van der Waals surface area contributed by atoms with Crippen LogP contribution in [0.1, 0.15) is 6.92 Å². The van der Waals surface area contributed by atoms with Crippen LogP contribution in [0.5, 0.6) is 0 Å². The summed E-state index contributed by atoms with van der Waals surface area (Å²) in [4.78, 5) is 18.6. The van der Waals surface area contributed by atoms with Crippen LogP contribution in [0.15, 0.2) is 0 Å². The van der Waals surface area contributed by atoms with E-state index in [0.29, 0.717) is 0 Å². The zero-order valence-corrected chi connectivity index (χ0v) is 13.4. The van der Waals surface area contributed by atoms with Gasteiger partial charge in [-0.2, -0.15) is 0 Å². The van der Waals surface area contributed by atoms with Gasteiger partial charge < -0.3 is 24.0 Å². The van der Waals surface area contributed by atoms with Crippen LogP contribution in [0.4, 0.5) is 0 Å². The van der Waals surface area contributed by atoms with Crippen molar-refractivity contribution in [1.82, 2.24) is 0 Å². The summed E-state index contributed by atoms with van der Waals surface area (Å²) < 4.78 is 21.8. The van der Waals surface area contributed by atoms with Gasteiger partial charge >= 0.3 is 27.7 Å². The van der Waals surface area contributed by atoms with Gasteiger partial charge in [0.05, 0.1) is 0 Å². The fourth-order valence-corrected chi connectivity index (χ4v) is 0.612. The van der Waals surface area contributed by atoms with E-state index in [2.05, 4.69) is 4.31 Å². The molecule has 0 aliphatic carbocycles. The van der Waals surface area contributed by atoms with E-state index in [1.165, 1.54) is 0 Å². The van der Waals surface area contributed by atoms with Gasteiger partial charge in [0.1, 0.15) is 16.5 Å². The van der Waals surface area contributed by atoms with Crippen molar-refractivity contribution in [1.29, 1.82) is 0 Å². The van der Waals surface area contributed by atoms with Crippen molar-refractivity contribution < 1.29 is 56.0 Å². The molecule has 0 aromatic carbocycles. The smallest absolute Gasteiger partial charge is 0.781 e. The van der Waals surface area contributed by atoms with Crippen LogP contribution in [0.25, 0.3) is 0 Å². The Morgan fingerprint density at radius 2 is 1.55 bits per heavy atom. The van der Waals surface area contributed by atoms with Crippen molar-refractivity contribution in [3.05, 3.63) is 0 Å². The Morgan fingerprint density at radius 1 is 1.36 bits per heavy atom. The summed E-state index contributed by atoms with van der Waals surface area (Å²) >= 11 is 0. The molecule has 0 saturated carbocycles. The van der Waals surface area contributed by atoms with Gasteiger partial charge in [-0.1, -0.05) is 0 Å². The summed E-state index contributed by atoms with van der Waals surface area (Å²) in [6.07, 6.45) is 0. The normalized spacial score (nSPS) is 13.5. The molecule has 6 nitrogen and oxygen atoms in total. The first-order chi connectivity index (χ1) is 4.54. The summed E-state index contributed by atoms with van der Waals surface area (Å²) in [6, 6.07) is 0. The van der Waals surface area contributed by atoms with Crippen molar-refractivity contribution in [3.8, 4) is 0 Å². The summed E-state index contributed by atoms with van der Waals surface area (Å²) in [6.45, 7) is 1.93. The SMILES string of the molecule is CCO.O=[PH]([O-])O[PH](=O)[O-].[Hg+2]. The maximum Gasteiger partial charge on any atom is 2.00 e. The largest absolute Gasteiger partial charge is 2.00 e. The molecule has 0 heterocycles. The summed E-state index contributed by atoms with van der Waals surface area (Å²) in [5.74, 6) is 0. The molecule has 11 heavy (non-hydrogen) atoms. The van der Waals surface area contributed by atoms with Gasteiger partial charge in [0.25, 0.3) is 0 Å². The Morgan fingerprint density at radius 3 is 1.55 bits per heavy atom. The average molecular weight is 391 g/mol. The third-order valence-corrected chi connectivity index (χ3v) is 1.50. The molecule has 0 saturated heterocycles. The minimum Gasteiger partial charge on any atom is -0.781 e. The predicted octanol–water partition coefficient (Wildman–Crippen LogP) is -1.50. The van der Waals surface area contributed by atoms with Gasteiger partial charge in [-0.05, 0) is 6.92 Å². The second-order valence-electron chi connectivity index (χ2n) is 0.918. The number of aliphatic hydroxyl groups is 1. The Kier molecular flexibility index (Phi) is 22.7. The number of hydrogen-bond acceptors (Lipinski definition) is 6. The molecule has 0 aromatic rings. The third-order valence-electron chi connectivity index (χ3n) is 0.167. The minimum atomic E-state index is -3.51. The summed E-state index contributed by atoms with van der Waals surface area (Å²) in [7, 11) is -7.03. The van der Waals surface area contributed by atoms with Crippen LogP contribution in [0.2, 0.25) is 0 Å². The first kappa shape index (κ1) is 18.1. The number of rotatable bonds is 2. The van der Waals surface area contributed by atoms with E-state index in [-0.39, 0.29) is 34.3 Å².